The van der Waals surface area contributed by atoms with E-state index in [2.05, 4.69) is 36.4 Å². The van der Waals surface area contributed by atoms with Gasteiger partial charge in [0.2, 0.25) is 5.91 Å². The Labute approximate surface area is 199 Å². The largest absolute Gasteiger partial charge is 0.322 e. The Balaban J connectivity index is 1.59. The van der Waals surface area contributed by atoms with Crippen LogP contribution in [-0.2, 0) is 4.79 Å². The molecule has 4 aromatic rings. The normalized spacial score (nSPS) is 10.9. The molecule has 32 heavy (non-hydrogen) atoms. The summed E-state index contributed by atoms with van der Waals surface area (Å²) in [4.78, 5) is 16.5. The van der Waals surface area contributed by atoms with Gasteiger partial charge in [-0.05, 0) is 58.4 Å². The van der Waals surface area contributed by atoms with Crippen LogP contribution >= 0.6 is 39.3 Å². The van der Waals surface area contributed by atoms with Crippen LogP contribution in [-0.4, -0.2) is 31.4 Å². The van der Waals surface area contributed by atoms with E-state index < -0.39 is 17.5 Å². The van der Waals surface area contributed by atoms with Crippen molar-refractivity contribution in [1.82, 2.24) is 19.7 Å². The first-order valence-electron chi connectivity index (χ1n) is 9.11. The van der Waals surface area contributed by atoms with Crippen LogP contribution < -0.4 is 5.32 Å². The molecular weight excluding hydrogens is 524 g/mol. The van der Waals surface area contributed by atoms with Gasteiger partial charge in [0.05, 0.1) is 11.4 Å². The summed E-state index contributed by atoms with van der Waals surface area (Å²) in [5, 5.41) is 12.0. The monoisotopic (exact) mass is 535 g/mol. The maximum atomic E-state index is 14.0. The van der Waals surface area contributed by atoms with Crippen LogP contribution in [0.3, 0.4) is 0 Å². The minimum Gasteiger partial charge on any atom is -0.322 e. The van der Waals surface area contributed by atoms with Crippen molar-refractivity contribution in [3.63, 3.8) is 0 Å². The lowest BCUT2D eigenvalue weighted by Gasteiger charge is -2.11. The van der Waals surface area contributed by atoms with Gasteiger partial charge in [0.15, 0.2) is 16.8 Å². The Morgan fingerprint density at radius 1 is 1.09 bits per heavy atom. The van der Waals surface area contributed by atoms with E-state index in [0.717, 1.165) is 29.1 Å². The van der Waals surface area contributed by atoms with Crippen molar-refractivity contribution in [3.05, 3.63) is 82.1 Å². The summed E-state index contributed by atoms with van der Waals surface area (Å²) in [5.41, 5.74) is 1.41. The van der Waals surface area contributed by atoms with Gasteiger partial charge < -0.3 is 5.32 Å². The highest BCUT2D eigenvalue weighted by molar-refractivity contribution is 9.10. The minimum absolute atomic E-state index is 0.0781. The van der Waals surface area contributed by atoms with Crippen molar-refractivity contribution in [2.45, 2.75) is 5.16 Å². The first-order chi connectivity index (χ1) is 15.4. The molecule has 6 nitrogen and oxygen atoms in total. The van der Waals surface area contributed by atoms with Gasteiger partial charge in [0.25, 0.3) is 0 Å². The summed E-state index contributed by atoms with van der Waals surface area (Å²) < 4.78 is 29.2. The third kappa shape index (κ3) is 4.98. The van der Waals surface area contributed by atoms with Gasteiger partial charge in [-0.2, -0.15) is 0 Å². The van der Waals surface area contributed by atoms with Crippen LogP contribution in [0.4, 0.5) is 14.5 Å². The topological polar surface area (TPSA) is 72.7 Å². The lowest BCUT2D eigenvalue weighted by molar-refractivity contribution is -0.113. The molecule has 1 amide bonds. The van der Waals surface area contributed by atoms with Crippen molar-refractivity contribution < 1.29 is 13.6 Å². The zero-order valence-electron chi connectivity index (χ0n) is 16.1. The standard InChI is InChI=1S/C21H13BrClF2N5OS/c22-16-9-14(24)10-17(25)19(16)27-18(31)11-32-21-29-28-20(12-5-7-26-8-6-12)30(21)15-3-1-13(23)2-4-15/h1-10H,11H2,(H,27,31). The lowest BCUT2D eigenvalue weighted by atomic mass is 10.2. The molecule has 0 saturated carbocycles. The van der Waals surface area contributed by atoms with E-state index >= 15 is 0 Å². The average molecular weight is 537 g/mol. The lowest BCUT2D eigenvalue weighted by Crippen LogP contribution is -2.16. The van der Waals surface area contributed by atoms with E-state index in [1.807, 2.05) is 12.1 Å². The van der Waals surface area contributed by atoms with Gasteiger partial charge in [-0.3, -0.25) is 14.3 Å². The molecule has 0 fully saturated rings. The number of carbonyl (C=O) groups excluding carboxylic acids is 1. The highest BCUT2D eigenvalue weighted by Crippen LogP contribution is 2.30. The number of hydrogen-bond donors (Lipinski definition) is 1. The molecule has 0 saturated heterocycles. The zero-order valence-corrected chi connectivity index (χ0v) is 19.3. The minimum atomic E-state index is -0.875. The Bertz CT molecular complexity index is 1250. The van der Waals surface area contributed by atoms with Crippen molar-refractivity contribution in [3.8, 4) is 17.1 Å². The quantitative estimate of drug-likeness (QED) is 0.318. The van der Waals surface area contributed by atoms with Crippen molar-refractivity contribution in [1.29, 1.82) is 0 Å². The Kier molecular flexibility index (Phi) is 6.83. The van der Waals surface area contributed by atoms with E-state index in [9.17, 15) is 13.6 Å². The smallest absolute Gasteiger partial charge is 0.234 e. The van der Waals surface area contributed by atoms with Gasteiger partial charge in [-0.1, -0.05) is 23.4 Å². The van der Waals surface area contributed by atoms with Gasteiger partial charge in [-0.25, -0.2) is 8.78 Å². The molecule has 4 rings (SSSR count). The maximum absolute atomic E-state index is 14.0. The fourth-order valence-corrected chi connectivity index (χ4v) is 4.23. The van der Waals surface area contributed by atoms with Crippen molar-refractivity contribution in [2.24, 2.45) is 0 Å². The van der Waals surface area contributed by atoms with E-state index in [1.54, 1.807) is 41.2 Å². The molecule has 0 atom stereocenters. The van der Waals surface area contributed by atoms with Crippen LogP contribution in [0.2, 0.25) is 5.02 Å². The highest BCUT2D eigenvalue weighted by Gasteiger charge is 2.18. The summed E-state index contributed by atoms with van der Waals surface area (Å²) in [6.45, 7) is 0. The second-order valence-electron chi connectivity index (χ2n) is 6.44. The van der Waals surface area contributed by atoms with Crippen LogP contribution in [0.25, 0.3) is 17.1 Å². The number of anilines is 1. The van der Waals surface area contributed by atoms with E-state index in [-0.39, 0.29) is 15.9 Å². The fourth-order valence-electron chi connectivity index (χ4n) is 2.84. The van der Waals surface area contributed by atoms with E-state index in [4.69, 9.17) is 11.6 Å². The molecule has 2 aromatic heterocycles. The number of carbonyl (C=O) groups is 1. The van der Waals surface area contributed by atoms with Crippen molar-refractivity contribution >= 4 is 50.9 Å². The second-order valence-corrected chi connectivity index (χ2v) is 8.67. The summed E-state index contributed by atoms with van der Waals surface area (Å²) >= 11 is 10.2. The molecule has 0 aliphatic heterocycles. The molecule has 2 aromatic carbocycles. The molecular formula is C21H13BrClF2N5OS. The SMILES string of the molecule is O=C(CSc1nnc(-c2ccncc2)n1-c1ccc(Cl)cc1)Nc1c(F)cc(F)cc1Br. The molecule has 0 spiro atoms. The number of thioether (sulfide) groups is 1. The fraction of sp³-hybridized carbons (Fsp3) is 0.0476. The third-order valence-electron chi connectivity index (χ3n) is 4.26. The second kappa shape index (κ2) is 9.76. The number of hydrogen-bond acceptors (Lipinski definition) is 5. The van der Waals surface area contributed by atoms with Crippen molar-refractivity contribution in [2.75, 3.05) is 11.1 Å². The Morgan fingerprint density at radius 2 is 1.81 bits per heavy atom. The van der Waals surface area contributed by atoms with Gasteiger partial charge in [0, 0.05) is 39.2 Å². The molecule has 2 heterocycles. The molecule has 1 N–H and O–H groups in total. The number of aromatic nitrogens is 4. The number of benzene rings is 2. The summed E-state index contributed by atoms with van der Waals surface area (Å²) in [5.74, 6) is -1.63. The number of rotatable bonds is 6. The van der Waals surface area contributed by atoms with Gasteiger partial charge in [0.1, 0.15) is 5.82 Å². The van der Waals surface area contributed by atoms with Crippen LogP contribution in [0.5, 0.6) is 0 Å². The number of halogens is 4. The highest BCUT2D eigenvalue weighted by atomic mass is 79.9. The molecule has 0 bridgehead atoms. The number of amides is 1. The van der Waals surface area contributed by atoms with E-state index in [1.165, 1.54) is 0 Å². The van der Waals surface area contributed by atoms with Crippen LogP contribution in [0.15, 0.2) is 70.6 Å². The Hall–Kier alpha value is -2.82. The molecule has 11 heteroatoms. The van der Waals surface area contributed by atoms with Gasteiger partial charge >= 0.3 is 0 Å². The van der Waals surface area contributed by atoms with Gasteiger partial charge in [-0.15, -0.1) is 10.2 Å². The summed E-state index contributed by atoms with van der Waals surface area (Å²) in [6, 6.07) is 12.5. The zero-order chi connectivity index (χ0) is 22.7. The Morgan fingerprint density at radius 3 is 2.50 bits per heavy atom. The molecule has 0 aliphatic rings. The number of nitrogens with zero attached hydrogens (tertiary/aromatic N) is 4. The summed E-state index contributed by atoms with van der Waals surface area (Å²) in [6.07, 6.45) is 3.29. The first-order valence-corrected chi connectivity index (χ1v) is 11.3. The van der Waals surface area contributed by atoms with E-state index in [0.29, 0.717) is 22.1 Å². The maximum Gasteiger partial charge on any atom is 0.234 e. The molecule has 162 valence electrons. The van der Waals surface area contributed by atoms with Crippen LogP contribution in [0.1, 0.15) is 0 Å². The third-order valence-corrected chi connectivity index (χ3v) is 6.07. The predicted molar refractivity (Wildman–Crippen MR) is 123 cm³/mol. The summed E-state index contributed by atoms with van der Waals surface area (Å²) in [7, 11) is 0. The number of pyridine rings is 1. The average Bonchev–Trinajstić information content (AvgIpc) is 3.20. The van der Waals surface area contributed by atoms with Crippen LogP contribution in [0, 0.1) is 11.6 Å². The predicted octanol–water partition coefficient (Wildman–Crippen LogP) is 5.75. The molecule has 0 radical (unpaired) electrons. The molecule has 0 unspecified atom stereocenters. The first kappa shape index (κ1) is 22.4. The molecule has 0 aliphatic carbocycles. The number of nitrogens with one attached hydrogen (secondary N) is 1.